The molecule has 0 spiro atoms. The molecule has 0 saturated carbocycles. The van der Waals surface area contributed by atoms with E-state index in [-0.39, 0.29) is 29.7 Å². The predicted molar refractivity (Wildman–Crippen MR) is 106 cm³/mol. The van der Waals surface area contributed by atoms with E-state index in [0.717, 1.165) is 38.8 Å². The third-order valence-corrected chi connectivity index (χ3v) is 5.27. The summed E-state index contributed by atoms with van der Waals surface area (Å²) in [5.41, 5.74) is -0.669. The van der Waals surface area contributed by atoms with Crippen LogP contribution in [0.25, 0.3) is 5.78 Å². The minimum absolute atomic E-state index is 0.0351. The Kier molecular flexibility index (Phi) is 6.56. The van der Waals surface area contributed by atoms with Crippen LogP contribution in [-0.4, -0.2) is 57.5 Å². The number of rotatable bonds is 7. The van der Waals surface area contributed by atoms with Gasteiger partial charge in [-0.15, -0.1) is 0 Å². The second kappa shape index (κ2) is 9.11. The van der Waals surface area contributed by atoms with Gasteiger partial charge in [0.1, 0.15) is 6.54 Å². The van der Waals surface area contributed by atoms with E-state index in [9.17, 15) is 14.4 Å². The summed E-state index contributed by atoms with van der Waals surface area (Å²) in [7, 11) is 1.22. The fraction of sp³-hybridized carbons (Fsp3) is 0.600. The first-order chi connectivity index (χ1) is 14.0. The molecule has 1 aliphatic heterocycles. The van der Waals surface area contributed by atoms with Crippen LogP contribution < -0.4 is 10.3 Å². The van der Waals surface area contributed by atoms with Gasteiger partial charge in [-0.25, -0.2) is 14.2 Å². The summed E-state index contributed by atoms with van der Waals surface area (Å²) in [6.07, 6.45) is 6.75. The maximum atomic E-state index is 12.9. The summed E-state index contributed by atoms with van der Waals surface area (Å²) in [5.74, 6) is -0.0818. The van der Waals surface area contributed by atoms with Crippen molar-refractivity contribution in [3.05, 3.63) is 28.4 Å². The van der Waals surface area contributed by atoms with E-state index in [0.29, 0.717) is 12.5 Å². The van der Waals surface area contributed by atoms with Crippen LogP contribution in [0.3, 0.4) is 0 Å². The highest BCUT2D eigenvalue weighted by molar-refractivity contribution is 5.90. The summed E-state index contributed by atoms with van der Waals surface area (Å²) in [6.45, 7) is 6.00. The third-order valence-electron chi connectivity index (χ3n) is 5.27. The lowest BCUT2D eigenvalue weighted by Crippen LogP contribution is -2.39. The molecule has 0 aromatic carbocycles. The quantitative estimate of drug-likeness (QED) is 0.515. The van der Waals surface area contributed by atoms with Gasteiger partial charge in [0.25, 0.3) is 0 Å². The standard InChI is InChI=1S/C20H28N4O5/c1-4-5-12-29-17-16(19(27)28-3)21-20-23(10-11-24(20)18(17)26)13-15(25)22-8-6-14(2)7-9-22/h10-11,14H,4-9,12-13H2,1-3H3. The molecule has 1 aliphatic rings. The van der Waals surface area contributed by atoms with E-state index in [4.69, 9.17) is 9.47 Å². The molecule has 1 amide bonds. The van der Waals surface area contributed by atoms with E-state index < -0.39 is 11.5 Å². The lowest BCUT2D eigenvalue weighted by molar-refractivity contribution is -0.133. The molecule has 9 heteroatoms. The molecule has 0 bridgehead atoms. The van der Waals surface area contributed by atoms with Gasteiger partial charge < -0.3 is 18.9 Å². The van der Waals surface area contributed by atoms with Gasteiger partial charge in [0, 0.05) is 25.5 Å². The number of carbonyl (C=O) groups is 2. The van der Waals surface area contributed by atoms with E-state index in [1.54, 1.807) is 10.8 Å². The first-order valence-corrected chi connectivity index (χ1v) is 10.1. The molecular formula is C20H28N4O5. The normalized spacial score (nSPS) is 14.9. The molecule has 29 heavy (non-hydrogen) atoms. The number of imidazole rings is 1. The fourth-order valence-corrected chi connectivity index (χ4v) is 3.37. The number of hydrogen-bond acceptors (Lipinski definition) is 6. The van der Waals surface area contributed by atoms with Gasteiger partial charge in [-0.2, -0.15) is 0 Å². The van der Waals surface area contributed by atoms with Gasteiger partial charge in [-0.3, -0.25) is 9.59 Å². The van der Waals surface area contributed by atoms with Crippen molar-refractivity contribution in [2.75, 3.05) is 26.8 Å². The molecule has 0 N–H and O–H groups in total. The zero-order chi connectivity index (χ0) is 21.0. The van der Waals surface area contributed by atoms with E-state index >= 15 is 0 Å². The summed E-state index contributed by atoms with van der Waals surface area (Å²) in [6, 6.07) is 0. The second-order valence-electron chi connectivity index (χ2n) is 7.45. The molecule has 2 aromatic rings. The Bertz CT molecular complexity index is 940. The molecule has 9 nitrogen and oxygen atoms in total. The van der Waals surface area contributed by atoms with Crippen molar-refractivity contribution < 1.29 is 19.1 Å². The third kappa shape index (κ3) is 4.44. The minimum atomic E-state index is -0.750. The molecule has 158 valence electrons. The number of nitrogens with zero attached hydrogens (tertiary/aromatic N) is 4. The minimum Gasteiger partial charge on any atom is -0.486 e. The Morgan fingerprint density at radius 2 is 1.97 bits per heavy atom. The number of methoxy groups -OCH3 is 1. The highest BCUT2D eigenvalue weighted by Gasteiger charge is 2.25. The lowest BCUT2D eigenvalue weighted by Gasteiger charge is -2.30. The van der Waals surface area contributed by atoms with Gasteiger partial charge in [-0.1, -0.05) is 20.3 Å². The van der Waals surface area contributed by atoms with E-state index in [1.807, 2.05) is 11.8 Å². The first kappa shape index (κ1) is 20.9. The molecule has 1 fully saturated rings. The van der Waals surface area contributed by atoms with Crippen LogP contribution in [0, 0.1) is 5.92 Å². The second-order valence-corrected chi connectivity index (χ2v) is 7.45. The number of amides is 1. The molecular weight excluding hydrogens is 376 g/mol. The van der Waals surface area contributed by atoms with Crippen LogP contribution >= 0.6 is 0 Å². The lowest BCUT2D eigenvalue weighted by atomic mass is 9.99. The highest BCUT2D eigenvalue weighted by atomic mass is 16.5. The SMILES string of the molecule is CCCCOc1c(C(=O)OC)nc2n(CC(=O)N3CCC(C)CC3)ccn2c1=O. The Labute approximate surface area is 169 Å². The molecule has 1 saturated heterocycles. The zero-order valence-electron chi connectivity index (χ0n) is 17.2. The average molecular weight is 404 g/mol. The summed E-state index contributed by atoms with van der Waals surface area (Å²) < 4.78 is 13.2. The monoisotopic (exact) mass is 404 g/mol. The van der Waals surface area contributed by atoms with Crippen molar-refractivity contribution in [2.24, 2.45) is 5.92 Å². The van der Waals surface area contributed by atoms with Crippen LogP contribution in [-0.2, 0) is 16.1 Å². The Morgan fingerprint density at radius 1 is 1.24 bits per heavy atom. The largest absolute Gasteiger partial charge is 0.486 e. The maximum Gasteiger partial charge on any atom is 0.360 e. The number of aromatic nitrogens is 3. The molecule has 0 atom stereocenters. The van der Waals surface area contributed by atoms with Crippen LogP contribution in [0.1, 0.15) is 50.0 Å². The number of ether oxygens (including phenoxy) is 2. The molecule has 3 heterocycles. The van der Waals surface area contributed by atoms with Crippen molar-refractivity contribution in [3.8, 4) is 5.75 Å². The van der Waals surface area contributed by atoms with Crippen molar-refractivity contribution in [3.63, 3.8) is 0 Å². The summed E-state index contributed by atoms with van der Waals surface area (Å²) in [5, 5.41) is 0. The number of carbonyl (C=O) groups excluding carboxylic acids is 2. The number of unbranched alkanes of at least 4 members (excludes halogenated alkanes) is 1. The van der Waals surface area contributed by atoms with Crippen molar-refractivity contribution in [1.82, 2.24) is 18.9 Å². The highest BCUT2D eigenvalue weighted by Crippen LogP contribution is 2.18. The molecule has 0 radical (unpaired) electrons. The average Bonchev–Trinajstić information content (AvgIpc) is 3.12. The predicted octanol–water partition coefficient (Wildman–Crippen LogP) is 1.72. The van der Waals surface area contributed by atoms with Crippen molar-refractivity contribution >= 4 is 17.7 Å². The van der Waals surface area contributed by atoms with Crippen LogP contribution in [0.2, 0.25) is 0 Å². The van der Waals surface area contributed by atoms with Crippen LogP contribution in [0.5, 0.6) is 5.75 Å². The zero-order valence-corrected chi connectivity index (χ0v) is 17.2. The number of likely N-dealkylation sites (tertiary alicyclic amines) is 1. The number of hydrogen-bond donors (Lipinski definition) is 0. The van der Waals surface area contributed by atoms with Gasteiger partial charge in [0.05, 0.1) is 13.7 Å². The maximum absolute atomic E-state index is 12.9. The Morgan fingerprint density at radius 3 is 2.62 bits per heavy atom. The first-order valence-electron chi connectivity index (χ1n) is 10.1. The summed E-state index contributed by atoms with van der Waals surface area (Å²) >= 11 is 0. The molecule has 3 rings (SSSR count). The number of piperidine rings is 1. The van der Waals surface area contributed by atoms with Gasteiger partial charge in [0.15, 0.2) is 5.69 Å². The van der Waals surface area contributed by atoms with Crippen LogP contribution in [0.4, 0.5) is 0 Å². The van der Waals surface area contributed by atoms with Gasteiger partial charge in [0.2, 0.25) is 17.4 Å². The van der Waals surface area contributed by atoms with Crippen molar-refractivity contribution in [1.29, 1.82) is 0 Å². The van der Waals surface area contributed by atoms with E-state index in [1.165, 1.54) is 17.7 Å². The van der Waals surface area contributed by atoms with Gasteiger partial charge >= 0.3 is 11.5 Å². The molecule has 0 aliphatic carbocycles. The fourth-order valence-electron chi connectivity index (χ4n) is 3.37. The Balaban J connectivity index is 1.92. The number of fused-ring (bicyclic) bond motifs is 1. The topological polar surface area (TPSA) is 95.1 Å². The van der Waals surface area contributed by atoms with Crippen LogP contribution in [0.15, 0.2) is 17.2 Å². The van der Waals surface area contributed by atoms with Crippen molar-refractivity contribution in [2.45, 2.75) is 46.1 Å². The van der Waals surface area contributed by atoms with E-state index in [2.05, 4.69) is 11.9 Å². The smallest absolute Gasteiger partial charge is 0.360 e. The Hall–Kier alpha value is -2.84. The number of esters is 1. The van der Waals surface area contributed by atoms with Gasteiger partial charge in [-0.05, 0) is 25.2 Å². The molecule has 2 aromatic heterocycles. The summed E-state index contributed by atoms with van der Waals surface area (Å²) in [4.78, 5) is 43.9. The molecule has 0 unspecified atom stereocenters.